The van der Waals surface area contributed by atoms with Crippen molar-refractivity contribution in [1.82, 2.24) is 19.9 Å². The molecule has 0 saturated heterocycles. The van der Waals surface area contributed by atoms with E-state index in [2.05, 4.69) is 19.9 Å². The van der Waals surface area contributed by atoms with Gasteiger partial charge in [0.15, 0.2) is 5.65 Å². The lowest BCUT2D eigenvalue weighted by Crippen LogP contribution is -2.08. The number of fused-ring (bicyclic) bond motifs is 1. The van der Waals surface area contributed by atoms with E-state index in [-0.39, 0.29) is 5.95 Å². The summed E-state index contributed by atoms with van der Waals surface area (Å²) in [4.78, 5) is 17.6. The average molecular weight is 254 g/mol. The monoisotopic (exact) mass is 254 g/mol. The second kappa shape index (κ2) is 4.24. The number of benzene rings is 1. The topological polar surface area (TPSA) is 83.7 Å². The molecule has 3 rings (SSSR count). The maximum Gasteiger partial charge on any atom is 0.222 e. The number of rotatable bonds is 2. The van der Waals surface area contributed by atoms with Crippen molar-refractivity contribution in [3.05, 3.63) is 30.6 Å². The van der Waals surface area contributed by atoms with Crippen LogP contribution in [-0.2, 0) is 0 Å². The number of nitrogen functional groups attached to an aromatic ring is 1. The number of aromatic nitrogens is 4. The second-order valence-corrected chi connectivity index (χ2v) is 4.47. The fourth-order valence-electron chi connectivity index (χ4n) is 1.98. The third-order valence-corrected chi connectivity index (χ3v) is 2.96. The molecule has 0 spiro atoms. The van der Waals surface area contributed by atoms with E-state index in [0.717, 1.165) is 22.5 Å². The first-order valence-corrected chi connectivity index (χ1v) is 5.89. The predicted molar refractivity (Wildman–Crippen MR) is 75.9 cm³/mol. The lowest BCUT2D eigenvalue weighted by Gasteiger charge is -2.12. The molecule has 6 heteroatoms. The first-order chi connectivity index (χ1) is 9.15. The summed E-state index contributed by atoms with van der Waals surface area (Å²) < 4.78 is 0. The Hall–Kier alpha value is -2.63. The van der Waals surface area contributed by atoms with Gasteiger partial charge in [0.2, 0.25) is 5.95 Å². The Labute approximate surface area is 110 Å². The number of nitrogens with zero attached hydrogens (tertiary/aromatic N) is 4. The molecule has 0 radical (unpaired) electrons. The molecule has 0 aliphatic carbocycles. The van der Waals surface area contributed by atoms with E-state index in [4.69, 9.17) is 5.73 Å². The number of nitrogens with one attached hydrogen (secondary N) is 1. The number of nitrogens with two attached hydrogens (primary N) is 1. The highest BCUT2D eigenvalue weighted by Gasteiger charge is 2.10. The van der Waals surface area contributed by atoms with Crippen molar-refractivity contribution in [1.29, 1.82) is 0 Å². The van der Waals surface area contributed by atoms with E-state index < -0.39 is 0 Å². The molecule has 2 aromatic heterocycles. The molecule has 6 nitrogen and oxygen atoms in total. The first kappa shape index (κ1) is 11.5. The number of H-pyrrole nitrogens is 1. The van der Waals surface area contributed by atoms with Gasteiger partial charge in [0.1, 0.15) is 11.2 Å². The Balaban J connectivity index is 2.15. The highest BCUT2D eigenvalue weighted by atomic mass is 15.1. The SMILES string of the molecule is CN(C)c1ccc(-c2nc(N)nc3nc[nH]c23)cc1. The molecule has 2 heterocycles. The largest absolute Gasteiger partial charge is 0.378 e. The number of imidazole rings is 1. The van der Waals surface area contributed by atoms with E-state index in [0.29, 0.717) is 5.65 Å². The Bertz CT molecular complexity index is 714. The maximum absolute atomic E-state index is 5.72. The van der Waals surface area contributed by atoms with Crippen molar-refractivity contribution in [2.24, 2.45) is 0 Å². The van der Waals surface area contributed by atoms with E-state index in [1.807, 2.05) is 43.3 Å². The zero-order chi connectivity index (χ0) is 13.4. The van der Waals surface area contributed by atoms with Crippen LogP contribution in [0.5, 0.6) is 0 Å². The molecular formula is C13H14N6. The van der Waals surface area contributed by atoms with Gasteiger partial charge in [-0.2, -0.15) is 4.98 Å². The van der Waals surface area contributed by atoms with Crippen LogP contribution >= 0.6 is 0 Å². The number of anilines is 2. The van der Waals surface area contributed by atoms with Crippen molar-refractivity contribution in [3.63, 3.8) is 0 Å². The molecule has 0 bridgehead atoms. The molecule has 0 aliphatic heterocycles. The third kappa shape index (κ3) is 1.97. The molecule has 0 saturated carbocycles. The summed E-state index contributed by atoms with van der Waals surface area (Å²) in [6, 6.07) is 8.10. The normalized spacial score (nSPS) is 10.8. The molecule has 3 aromatic rings. The summed E-state index contributed by atoms with van der Waals surface area (Å²) in [5, 5.41) is 0. The summed E-state index contributed by atoms with van der Waals surface area (Å²) in [5.74, 6) is 0.228. The smallest absolute Gasteiger partial charge is 0.222 e. The van der Waals surface area contributed by atoms with Crippen LogP contribution in [0.4, 0.5) is 11.6 Å². The van der Waals surface area contributed by atoms with Crippen molar-refractivity contribution in [3.8, 4) is 11.3 Å². The molecule has 3 N–H and O–H groups in total. The quantitative estimate of drug-likeness (QED) is 0.726. The molecule has 0 amide bonds. The summed E-state index contributed by atoms with van der Waals surface area (Å²) in [7, 11) is 4.01. The van der Waals surface area contributed by atoms with Crippen molar-refractivity contribution < 1.29 is 0 Å². The van der Waals surface area contributed by atoms with Gasteiger partial charge in [-0.25, -0.2) is 9.97 Å². The Morgan fingerprint density at radius 2 is 1.84 bits per heavy atom. The fourth-order valence-corrected chi connectivity index (χ4v) is 1.98. The molecule has 0 aliphatic rings. The van der Waals surface area contributed by atoms with Gasteiger partial charge < -0.3 is 15.6 Å². The van der Waals surface area contributed by atoms with Crippen molar-refractivity contribution >= 4 is 22.8 Å². The van der Waals surface area contributed by atoms with Gasteiger partial charge in [-0.05, 0) is 12.1 Å². The zero-order valence-corrected chi connectivity index (χ0v) is 10.8. The Kier molecular flexibility index (Phi) is 2.56. The van der Waals surface area contributed by atoms with E-state index >= 15 is 0 Å². The molecule has 96 valence electrons. The zero-order valence-electron chi connectivity index (χ0n) is 10.8. The third-order valence-electron chi connectivity index (χ3n) is 2.96. The lowest BCUT2D eigenvalue weighted by atomic mass is 10.1. The van der Waals surface area contributed by atoms with Crippen LogP contribution < -0.4 is 10.6 Å². The van der Waals surface area contributed by atoms with Crippen LogP contribution in [0.1, 0.15) is 0 Å². The summed E-state index contributed by atoms with van der Waals surface area (Å²) in [6.07, 6.45) is 1.59. The lowest BCUT2D eigenvalue weighted by molar-refractivity contribution is 1.13. The van der Waals surface area contributed by atoms with E-state index in [1.54, 1.807) is 6.33 Å². The van der Waals surface area contributed by atoms with Gasteiger partial charge in [-0.1, -0.05) is 12.1 Å². The van der Waals surface area contributed by atoms with Crippen LogP contribution in [0.15, 0.2) is 30.6 Å². The first-order valence-electron chi connectivity index (χ1n) is 5.89. The van der Waals surface area contributed by atoms with Crippen molar-refractivity contribution in [2.45, 2.75) is 0 Å². The molecule has 19 heavy (non-hydrogen) atoms. The summed E-state index contributed by atoms with van der Waals surface area (Å²) in [5.41, 5.74) is 9.98. The van der Waals surface area contributed by atoms with Gasteiger partial charge in [0, 0.05) is 25.3 Å². The highest BCUT2D eigenvalue weighted by Crippen LogP contribution is 2.26. The van der Waals surface area contributed by atoms with Crippen LogP contribution in [0.2, 0.25) is 0 Å². The number of aromatic amines is 1. The maximum atomic E-state index is 5.72. The van der Waals surface area contributed by atoms with Gasteiger partial charge >= 0.3 is 0 Å². The van der Waals surface area contributed by atoms with Gasteiger partial charge in [0.25, 0.3) is 0 Å². The number of hydrogen-bond donors (Lipinski definition) is 2. The summed E-state index contributed by atoms with van der Waals surface area (Å²) in [6.45, 7) is 0. The second-order valence-electron chi connectivity index (χ2n) is 4.47. The average Bonchev–Trinajstić information content (AvgIpc) is 2.85. The predicted octanol–water partition coefficient (Wildman–Crippen LogP) is 1.67. The highest BCUT2D eigenvalue weighted by molar-refractivity contribution is 5.88. The van der Waals surface area contributed by atoms with Gasteiger partial charge in [-0.15, -0.1) is 0 Å². The molecule has 1 aromatic carbocycles. The minimum atomic E-state index is 0.228. The molecule has 0 fully saturated rings. The van der Waals surface area contributed by atoms with E-state index in [1.165, 1.54) is 0 Å². The molecule has 0 atom stereocenters. The Morgan fingerprint density at radius 3 is 2.53 bits per heavy atom. The summed E-state index contributed by atoms with van der Waals surface area (Å²) >= 11 is 0. The molecular weight excluding hydrogens is 240 g/mol. The standard InChI is InChI=1S/C13H14N6/c1-19(2)9-5-3-8(4-6-9)10-11-12(16-7-15-11)18-13(14)17-10/h3-7H,1-2H3,(H3,14,15,16,17,18). The molecule has 0 unspecified atom stereocenters. The van der Waals surface area contributed by atoms with Crippen LogP contribution in [0.3, 0.4) is 0 Å². The minimum Gasteiger partial charge on any atom is -0.378 e. The Morgan fingerprint density at radius 1 is 1.11 bits per heavy atom. The number of hydrogen-bond acceptors (Lipinski definition) is 5. The van der Waals surface area contributed by atoms with Crippen LogP contribution in [0.25, 0.3) is 22.4 Å². The van der Waals surface area contributed by atoms with Crippen LogP contribution in [0, 0.1) is 0 Å². The van der Waals surface area contributed by atoms with Gasteiger partial charge in [-0.3, -0.25) is 0 Å². The van der Waals surface area contributed by atoms with Crippen LogP contribution in [-0.4, -0.2) is 34.0 Å². The minimum absolute atomic E-state index is 0.228. The fraction of sp³-hybridized carbons (Fsp3) is 0.154. The van der Waals surface area contributed by atoms with E-state index in [9.17, 15) is 0 Å². The van der Waals surface area contributed by atoms with Gasteiger partial charge in [0.05, 0.1) is 6.33 Å². The van der Waals surface area contributed by atoms with Crippen molar-refractivity contribution in [2.75, 3.05) is 24.7 Å².